The Labute approximate surface area is 130 Å². The lowest BCUT2D eigenvalue weighted by Crippen LogP contribution is -2.38. The lowest BCUT2D eigenvalue weighted by Gasteiger charge is -2.07. The first-order valence-corrected chi connectivity index (χ1v) is 7.17. The molecule has 0 aliphatic rings. The van der Waals surface area contributed by atoms with Crippen LogP contribution in [0.4, 0.5) is 0 Å². The number of hydrogen-bond acceptors (Lipinski definition) is 4. The van der Waals surface area contributed by atoms with E-state index in [0.29, 0.717) is 6.54 Å². The molecule has 0 aliphatic carbocycles. The topological polar surface area (TPSA) is 84.5 Å². The quantitative estimate of drug-likeness (QED) is 0.724. The van der Waals surface area contributed by atoms with Crippen molar-refractivity contribution in [3.05, 3.63) is 34.9 Å². The molecule has 0 aliphatic heterocycles. The van der Waals surface area contributed by atoms with Gasteiger partial charge in [-0.25, -0.2) is 0 Å². The van der Waals surface area contributed by atoms with E-state index in [4.69, 9.17) is 4.74 Å². The number of likely N-dealkylation sites (N-methyl/N-ethyl adjacent to an activating group) is 1. The number of amides is 2. The normalized spacial score (nSPS) is 9.95. The Bertz CT molecular complexity index is 555. The minimum absolute atomic E-state index is 0.116. The molecule has 0 saturated heterocycles. The third kappa shape index (κ3) is 6.39. The zero-order valence-corrected chi connectivity index (χ0v) is 13.2. The van der Waals surface area contributed by atoms with E-state index in [-0.39, 0.29) is 25.5 Å². The molecule has 0 unspecified atom stereocenters. The predicted octanol–water partition coefficient (Wildman–Crippen LogP) is 0.641. The zero-order valence-electron chi connectivity index (χ0n) is 13.2. The Morgan fingerprint density at radius 3 is 2.41 bits per heavy atom. The fourth-order valence-corrected chi connectivity index (χ4v) is 1.77. The van der Waals surface area contributed by atoms with Gasteiger partial charge in [0, 0.05) is 6.54 Å². The van der Waals surface area contributed by atoms with Crippen molar-refractivity contribution in [1.82, 2.24) is 10.6 Å². The number of esters is 1. The average molecular weight is 306 g/mol. The number of aryl methyl sites for hydroxylation is 2. The van der Waals surface area contributed by atoms with Gasteiger partial charge in [0.15, 0.2) is 6.61 Å². The van der Waals surface area contributed by atoms with Crippen LogP contribution < -0.4 is 10.6 Å². The minimum Gasteiger partial charge on any atom is -0.455 e. The Morgan fingerprint density at radius 2 is 1.77 bits per heavy atom. The van der Waals surface area contributed by atoms with E-state index >= 15 is 0 Å². The summed E-state index contributed by atoms with van der Waals surface area (Å²) in [7, 11) is 0. The van der Waals surface area contributed by atoms with Gasteiger partial charge in [0.1, 0.15) is 0 Å². The highest BCUT2D eigenvalue weighted by Gasteiger charge is 2.10. The molecule has 2 N–H and O–H groups in total. The molecule has 0 radical (unpaired) electrons. The molecule has 0 aromatic heterocycles. The summed E-state index contributed by atoms with van der Waals surface area (Å²) < 4.78 is 4.89. The van der Waals surface area contributed by atoms with Gasteiger partial charge in [0.25, 0.3) is 5.91 Å². The number of carbonyl (C=O) groups excluding carboxylic acids is 3. The van der Waals surface area contributed by atoms with Gasteiger partial charge < -0.3 is 15.4 Å². The van der Waals surface area contributed by atoms with Crippen LogP contribution in [0.3, 0.4) is 0 Å². The average Bonchev–Trinajstić information content (AvgIpc) is 2.47. The van der Waals surface area contributed by atoms with Crippen LogP contribution in [0, 0.1) is 13.8 Å². The van der Waals surface area contributed by atoms with Crippen LogP contribution in [-0.2, 0) is 25.5 Å². The second-order valence-electron chi connectivity index (χ2n) is 4.99. The fraction of sp³-hybridized carbons (Fsp3) is 0.438. The molecule has 0 heterocycles. The van der Waals surface area contributed by atoms with E-state index in [1.165, 1.54) is 0 Å². The third-order valence-electron chi connectivity index (χ3n) is 3.10. The van der Waals surface area contributed by atoms with Gasteiger partial charge in [0.05, 0.1) is 13.0 Å². The van der Waals surface area contributed by atoms with E-state index in [9.17, 15) is 14.4 Å². The molecule has 1 aromatic carbocycles. The van der Waals surface area contributed by atoms with Crippen molar-refractivity contribution in [2.45, 2.75) is 27.2 Å². The first kappa shape index (κ1) is 17.7. The Morgan fingerprint density at radius 1 is 1.05 bits per heavy atom. The van der Waals surface area contributed by atoms with Crippen molar-refractivity contribution in [1.29, 1.82) is 0 Å². The molecule has 22 heavy (non-hydrogen) atoms. The van der Waals surface area contributed by atoms with Crippen molar-refractivity contribution in [3.8, 4) is 0 Å². The van der Waals surface area contributed by atoms with Crippen LogP contribution in [0.5, 0.6) is 0 Å². The summed E-state index contributed by atoms with van der Waals surface area (Å²) in [5.41, 5.74) is 3.10. The molecule has 2 amide bonds. The van der Waals surface area contributed by atoms with Crippen molar-refractivity contribution in [2.24, 2.45) is 0 Å². The first-order valence-electron chi connectivity index (χ1n) is 7.17. The largest absolute Gasteiger partial charge is 0.455 e. The van der Waals surface area contributed by atoms with Crippen LogP contribution in [-0.4, -0.2) is 37.5 Å². The van der Waals surface area contributed by atoms with Crippen molar-refractivity contribution < 1.29 is 19.1 Å². The summed E-state index contributed by atoms with van der Waals surface area (Å²) in [5, 5.41) is 4.92. The van der Waals surface area contributed by atoms with Crippen LogP contribution in [0.2, 0.25) is 0 Å². The molecular formula is C16H22N2O4. The fourth-order valence-electron chi connectivity index (χ4n) is 1.77. The summed E-state index contributed by atoms with van der Waals surface area (Å²) in [6.07, 6.45) is 0.116. The van der Waals surface area contributed by atoms with E-state index in [1.807, 2.05) is 32.0 Å². The molecule has 0 bridgehead atoms. The Hall–Kier alpha value is -2.37. The maximum atomic E-state index is 11.7. The molecule has 120 valence electrons. The first-order chi connectivity index (χ1) is 10.4. The molecule has 6 nitrogen and oxygen atoms in total. The highest BCUT2D eigenvalue weighted by atomic mass is 16.5. The highest BCUT2D eigenvalue weighted by Crippen LogP contribution is 2.10. The second kappa shape index (κ2) is 8.81. The second-order valence-corrected chi connectivity index (χ2v) is 4.99. The predicted molar refractivity (Wildman–Crippen MR) is 82.3 cm³/mol. The van der Waals surface area contributed by atoms with Crippen LogP contribution in [0.25, 0.3) is 0 Å². The van der Waals surface area contributed by atoms with Gasteiger partial charge in [-0.1, -0.05) is 18.2 Å². The molecule has 0 spiro atoms. The van der Waals surface area contributed by atoms with Crippen molar-refractivity contribution in [2.75, 3.05) is 19.7 Å². The van der Waals surface area contributed by atoms with Gasteiger partial charge in [-0.15, -0.1) is 0 Å². The summed E-state index contributed by atoms with van der Waals surface area (Å²) in [4.78, 5) is 34.3. The summed E-state index contributed by atoms with van der Waals surface area (Å²) in [6, 6.07) is 5.72. The SMILES string of the molecule is CCNC(=O)CNC(=O)COC(=O)Cc1ccc(C)c(C)c1. The Kier molecular flexibility index (Phi) is 7.08. The van der Waals surface area contributed by atoms with Crippen molar-refractivity contribution >= 4 is 17.8 Å². The highest BCUT2D eigenvalue weighted by molar-refractivity contribution is 5.86. The number of nitrogens with one attached hydrogen (secondary N) is 2. The van der Waals surface area contributed by atoms with Gasteiger partial charge in [-0.2, -0.15) is 0 Å². The molecule has 0 saturated carbocycles. The van der Waals surface area contributed by atoms with E-state index in [0.717, 1.165) is 16.7 Å². The lowest BCUT2D eigenvalue weighted by molar-refractivity contribution is -0.147. The van der Waals surface area contributed by atoms with Crippen molar-refractivity contribution in [3.63, 3.8) is 0 Å². The summed E-state index contributed by atoms with van der Waals surface area (Å²) in [6.45, 7) is 5.74. The molecule has 1 rings (SSSR count). The van der Waals surface area contributed by atoms with Crippen LogP contribution in [0.15, 0.2) is 18.2 Å². The number of carbonyl (C=O) groups is 3. The lowest BCUT2D eigenvalue weighted by atomic mass is 10.0. The Balaban J connectivity index is 2.31. The molecule has 0 fully saturated rings. The van der Waals surface area contributed by atoms with Gasteiger partial charge in [0.2, 0.25) is 5.91 Å². The number of ether oxygens (including phenoxy) is 1. The third-order valence-corrected chi connectivity index (χ3v) is 3.10. The van der Waals surface area contributed by atoms with Gasteiger partial charge >= 0.3 is 5.97 Å². The van der Waals surface area contributed by atoms with E-state index in [1.54, 1.807) is 6.92 Å². The maximum Gasteiger partial charge on any atom is 0.310 e. The van der Waals surface area contributed by atoms with E-state index in [2.05, 4.69) is 10.6 Å². The molecule has 6 heteroatoms. The minimum atomic E-state index is -0.500. The maximum absolute atomic E-state index is 11.7. The van der Waals surface area contributed by atoms with Gasteiger partial charge in [-0.3, -0.25) is 14.4 Å². The monoisotopic (exact) mass is 306 g/mol. The summed E-state index contributed by atoms with van der Waals surface area (Å²) >= 11 is 0. The smallest absolute Gasteiger partial charge is 0.310 e. The summed E-state index contributed by atoms with van der Waals surface area (Å²) in [5.74, 6) is -1.26. The molecule has 0 atom stereocenters. The van der Waals surface area contributed by atoms with Crippen LogP contribution >= 0.6 is 0 Å². The zero-order chi connectivity index (χ0) is 16.5. The number of hydrogen-bond donors (Lipinski definition) is 2. The van der Waals surface area contributed by atoms with E-state index < -0.39 is 11.9 Å². The number of benzene rings is 1. The van der Waals surface area contributed by atoms with Crippen LogP contribution in [0.1, 0.15) is 23.6 Å². The van der Waals surface area contributed by atoms with Gasteiger partial charge in [-0.05, 0) is 37.5 Å². The molecule has 1 aromatic rings. The molecular weight excluding hydrogens is 284 g/mol. The number of rotatable bonds is 7. The standard InChI is InChI=1S/C16H22N2O4/c1-4-17-14(19)9-18-15(20)10-22-16(21)8-13-6-5-11(2)12(3)7-13/h5-7H,4,8-10H2,1-3H3,(H,17,19)(H,18,20).